The third-order valence-corrected chi connectivity index (χ3v) is 6.91. The first-order valence-electron chi connectivity index (χ1n) is 9.09. The van der Waals surface area contributed by atoms with Gasteiger partial charge in [-0.25, -0.2) is 17.2 Å². The number of carbonyl (C=O) groups excluding carboxylic acids is 1. The summed E-state index contributed by atoms with van der Waals surface area (Å²) in [4.78, 5) is 12.2. The molecule has 1 aliphatic heterocycles. The summed E-state index contributed by atoms with van der Waals surface area (Å²) in [5, 5.41) is 2.97. The zero-order valence-corrected chi connectivity index (χ0v) is 16.3. The van der Waals surface area contributed by atoms with Crippen LogP contribution in [-0.4, -0.2) is 31.7 Å². The summed E-state index contributed by atoms with van der Waals surface area (Å²) in [7, 11) is -3.92. The first kappa shape index (κ1) is 20.4. The number of nitrogens with one attached hydrogen (secondary N) is 1. The normalized spacial score (nSPS) is 17.2. The predicted molar refractivity (Wildman–Crippen MR) is 101 cm³/mol. The highest BCUT2D eigenvalue weighted by molar-refractivity contribution is 7.89. The van der Waals surface area contributed by atoms with Gasteiger partial charge in [0.1, 0.15) is 0 Å². The molecule has 1 atom stereocenters. The van der Waals surface area contributed by atoms with Crippen molar-refractivity contribution in [3.63, 3.8) is 0 Å². The van der Waals surface area contributed by atoms with Crippen LogP contribution in [0.5, 0.6) is 0 Å². The molecule has 0 aliphatic carbocycles. The van der Waals surface area contributed by atoms with Gasteiger partial charge in [-0.1, -0.05) is 30.3 Å². The van der Waals surface area contributed by atoms with Crippen molar-refractivity contribution < 1.29 is 22.0 Å². The molecule has 2 aromatic carbocycles. The fourth-order valence-electron chi connectivity index (χ4n) is 3.30. The summed E-state index contributed by atoms with van der Waals surface area (Å²) in [5.74, 6) is -2.70. The van der Waals surface area contributed by atoms with E-state index in [-0.39, 0.29) is 35.9 Å². The van der Waals surface area contributed by atoms with Gasteiger partial charge in [-0.15, -0.1) is 0 Å². The van der Waals surface area contributed by atoms with E-state index in [9.17, 15) is 22.0 Å². The van der Waals surface area contributed by atoms with Crippen molar-refractivity contribution in [2.75, 3.05) is 13.1 Å². The van der Waals surface area contributed by atoms with E-state index in [0.29, 0.717) is 18.9 Å². The van der Waals surface area contributed by atoms with Crippen LogP contribution in [0.3, 0.4) is 0 Å². The molecule has 3 rings (SSSR count). The molecule has 2 aromatic rings. The molecule has 0 unspecified atom stereocenters. The molecule has 0 spiro atoms. The van der Waals surface area contributed by atoms with E-state index in [1.807, 2.05) is 37.3 Å². The van der Waals surface area contributed by atoms with Crippen molar-refractivity contribution in [3.05, 3.63) is 65.7 Å². The maximum absolute atomic E-state index is 13.4. The second-order valence-corrected chi connectivity index (χ2v) is 8.83. The summed E-state index contributed by atoms with van der Waals surface area (Å²) < 4.78 is 52.9. The van der Waals surface area contributed by atoms with E-state index in [1.54, 1.807) is 0 Å². The maximum Gasteiger partial charge on any atom is 0.243 e. The molecule has 0 saturated carbocycles. The second-order valence-electron chi connectivity index (χ2n) is 6.90. The number of hydrogen-bond donors (Lipinski definition) is 1. The number of rotatable bonds is 5. The molecule has 1 fully saturated rings. The highest BCUT2D eigenvalue weighted by atomic mass is 32.2. The minimum Gasteiger partial charge on any atom is -0.349 e. The number of sulfonamides is 1. The quantitative estimate of drug-likeness (QED) is 0.826. The lowest BCUT2D eigenvalue weighted by Crippen LogP contribution is -2.43. The van der Waals surface area contributed by atoms with Gasteiger partial charge < -0.3 is 5.32 Å². The summed E-state index contributed by atoms with van der Waals surface area (Å²) in [6.45, 7) is 2.20. The van der Waals surface area contributed by atoms with Gasteiger partial charge in [0.05, 0.1) is 10.9 Å². The van der Waals surface area contributed by atoms with Gasteiger partial charge in [-0.05, 0) is 43.5 Å². The van der Waals surface area contributed by atoms with Crippen LogP contribution in [0, 0.1) is 17.6 Å². The Kier molecular flexibility index (Phi) is 6.10. The fourth-order valence-corrected chi connectivity index (χ4v) is 4.78. The van der Waals surface area contributed by atoms with Gasteiger partial charge in [-0.3, -0.25) is 4.79 Å². The first-order chi connectivity index (χ1) is 13.3. The number of halogens is 2. The minimum atomic E-state index is -3.92. The molecule has 1 heterocycles. The van der Waals surface area contributed by atoms with Crippen LogP contribution in [0.2, 0.25) is 0 Å². The van der Waals surface area contributed by atoms with Gasteiger partial charge >= 0.3 is 0 Å². The summed E-state index contributed by atoms with van der Waals surface area (Å²) in [5.41, 5.74) is 0.995. The standard InChI is InChI=1S/C20H22F2N2O3S/c1-14(15-5-3-2-4-6-15)23-20(25)16-9-11-24(12-10-16)28(26,27)17-7-8-18(21)19(22)13-17/h2-8,13-14,16H,9-12H2,1H3,(H,23,25)/t14-/m0/s1. The van der Waals surface area contributed by atoms with E-state index in [0.717, 1.165) is 17.7 Å². The van der Waals surface area contributed by atoms with Gasteiger partial charge in [0.25, 0.3) is 0 Å². The molecule has 1 aliphatic rings. The zero-order valence-electron chi connectivity index (χ0n) is 15.4. The van der Waals surface area contributed by atoms with Crippen molar-refractivity contribution >= 4 is 15.9 Å². The number of amides is 1. The SMILES string of the molecule is C[C@H](NC(=O)C1CCN(S(=O)(=O)c2ccc(F)c(F)c2)CC1)c1ccccc1. The molecule has 0 aromatic heterocycles. The number of hydrogen-bond acceptors (Lipinski definition) is 3. The molecule has 1 N–H and O–H groups in total. The highest BCUT2D eigenvalue weighted by Crippen LogP contribution is 2.25. The molecule has 0 radical (unpaired) electrons. The smallest absolute Gasteiger partial charge is 0.243 e. The van der Waals surface area contributed by atoms with E-state index in [2.05, 4.69) is 5.32 Å². The lowest BCUT2D eigenvalue weighted by molar-refractivity contribution is -0.126. The molecule has 5 nitrogen and oxygen atoms in total. The molecule has 1 amide bonds. The molecular formula is C20H22F2N2O3S. The Labute approximate surface area is 163 Å². The molecule has 150 valence electrons. The van der Waals surface area contributed by atoms with Crippen LogP contribution in [0.15, 0.2) is 53.4 Å². The summed E-state index contributed by atoms with van der Waals surface area (Å²) in [6.07, 6.45) is 0.743. The van der Waals surface area contributed by atoms with E-state index < -0.39 is 21.7 Å². The molecule has 0 bridgehead atoms. The Hall–Kier alpha value is -2.32. The number of nitrogens with zero attached hydrogens (tertiary/aromatic N) is 1. The Balaban J connectivity index is 1.60. The Bertz CT molecular complexity index is 943. The predicted octanol–water partition coefficient (Wildman–Crippen LogP) is 3.24. The van der Waals surface area contributed by atoms with Crippen LogP contribution in [-0.2, 0) is 14.8 Å². The molecule has 28 heavy (non-hydrogen) atoms. The van der Waals surface area contributed by atoms with Crippen LogP contribution >= 0.6 is 0 Å². The second kappa shape index (κ2) is 8.36. The van der Waals surface area contributed by atoms with Crippen LogP contribution in [0.25, 0.3) is 0 Å². The van der Waals surface area contributed by atoms with Gasteiger partial charge in [0.2, 0.25) is 15.9 Å². The Morgan fingerprint density at radius 2 is 1.71 bits per heavy atom. The van der Waals surface area contributed by atoms with Gasteiger partial charge in [0, 0.05) is 19.0 Å². The fraction of sp³-hybridized carbons (Fsp3) is 0.350. The third kappa shape index (κ3) is 4.39. The summed E-state index contributed by atoms with van der Waals surface area (Å²) >= 11 is 0. The maximum atomic E-state index is 13.4. The third-order valence-electron chi connectivity index (χ3n) is 5.01. The molecule has 1 saturated heterocycles. The average Bonchev–Trinajstić information content (AvgIpc) is 2.70. The van der Waals surface area contributed by atoms with Crippen LogP contribution < -0.4 is 5.32 Å². The lowest BCUT2D eigenvalue weighted by atomic mass is 9.96. The monoisotopic (exact) mass is 408 g/mol. The topological polar surface area (TPSA) is 66.5 Å². The largest absolute Gasteiger partial charge is 0.349 e. The van der Waals surface area contributed by atoms with Crippen molar-refractivity contribution in [1.82, 2.24) is 9.62 Å². The summed E-state index contributed by atoms with van der Waals surface area (Å²) in [6, 6.07) is 12.0. The van der Waals surface area contributed by atoms with E-state index >= 15 is 0 Å². The molecular weight excluding hydrogens is 386 g/mol. The van der Waals surface area contributed by atoms with Crippen LogP contribution in [0.4, 0.5) is 8.78 Å². The number of benzene rings is 2. The van der Waals surface area contributed by atoms with E-state index in [1.165, 1.54) is 4.31 Å². The van der Waals surface area contributed by atoms with Crippen molar-refractivity contribution in [3.8, 4) is 0 Å². The van der Waals surface area contributed by atoms with Crippen molar-refractivity contribution in [2.45, 2.75) is 30.7 Å². The Morgan fingerprint density at radius 3 is 2.32 bits per heavy atom. The van der Waals surface area contributed by atoms with E-state index in [4.69, 9.17) is 0 Å². The number of carbonyl (C=O) groups is 1. The van der Waals surface area contributed by atoms with Crippen molar-refractivity contribution in [2.24, 2.45) is 5.92 Å². The lowest BCUT2D eigenvalue weighted by Gasteiger charge is -2.31. The van der Waals surface area contributed by atoms with Gasteiger partial charge in [0.15, 0.2) is 11.6 Å². The van der Waals surface area contributed by atoms with Crippen molar-refractivity contribution in [1.29, 1.82) is 0 Å². The zero-order chi connectivity index (χ0) is 20.3. The first-order valence-corrected chi connectivity index (χ1v) is 10.5. The molecule has 8 heteroatoms. The number of piperidine rings is 1. The minimum absolute atomic E-state index is 0.110. The highest BCUT2D eigenvalue weighted by Gasteiger charge is 2.32. The average molecular weight is 408 g/mol. The van der Waals surface area contributed by atoms with Crippen LogP contribution in [0.1, 0.15) is 31.4 Å². The van der Waals surface area contributed by atoms with Gasteiger partial charge in [-0.2, -0.15) is 4.31 Å². The Morgan fingerprint density at radius 1 is 1.07 bits per heavy atom.